The zero-order chi connectivity index (χ0) is 20.4. The number of nitrogens with zero attached hydrogens (tertiary/aromatic N) is 2. The van der Waals surface area contributed by atoms with E-state index in [1.54, 1.807) is 36.9 Å². The van der Waals surface area contributed by atoms with Gasteiger partial charge in [0.05, 0.1) is 36.7 Å². The van der Waals surface area contributed by atoms with Gasteiger partial charge in [-0.1, -0.05) is 11.3 Å². The van der Waals surface area contributed by atoms with Gasteiger partial charge in [-0.05, 0) is 38.1 Å². The maximum atomic E-state index is 5.52. The Morgan fingerprint density at radius 1 is 0.931 bits per heavy atom. The molecule has 4 rings (SSSR count). The van der Waals surface area contributed by atoms with Crippen LogP contribution in [0, 0.1) is 6.92 Å². The van der Waals surface area contributed by atoms with E-state index in [-0.39, 0.29) is 0 Å². The molecule has 0 saturated carbocycles. The maximum absolute atomic E-state index is 5.52. The minimum atomic E-state index is 0.656. The van der Waals surface area contributed by atoms with E-state index in [0.717, 1.165) is 42.4 Å². The number of aromatic nitrogens is 2. The van der Waals surface area contributed by atoms with E-state index >= 15 is 0 Å². The third-order valence-electron chi connectivity index (χ3n) is 4.34. The van der Waals surface area contributed by atoms with Gasteiger partial charge >= 0.3 is 0 Å². The number of nitrogens with one attached hydrogen (secondary N) is 1. The van der Waals surface area contributed by atoms with E-state index in [1.165, 1.54) is 0 Å². The van der Waals surface area contributed by atoms with Crippen LogP contribution in [0.5, 0.6) is 17.2 Å². The SMILES string of the molecule is CCOc1ccc(-c2nc(Nc3nc4cc(OC)c(OC)cc4s3)sc2C)cc1. The van der Waals surface area contributed by atoms with Crippen LogP contribution in [0.25, 0.3) is 21.5 Å². The third-order valence-corrected chi connectivity index (χ3v) is 6.16. The Balaban J connectivity index is 1.59. The zero-order valence-corrected chi connectivity index (χ0v) is 18.2. The first-order valence-electron chi connectivity index (χ1n) is 9.11. The number of ether oxygens (including phenoxy) is 3. The Bertz CT molecular complexity index is 1100. The normalized spacial score (nSPS) is 10.9. The zero-order valence-electron chi connectivity index (χ0n) is 16.6. The van der Waals surface area contributed by atoms with E-state index in [4.69, 9.17) is 19.2 Å². The Morgan fingerprint density at radius 3 is 2.31 bits per heavy atom. The summed E-state index contributed by atoms with van der Waals surface area (Å²) in [5.74, 6) is 2.22. The van der Waals surface area contributed by atoms with Gasteiger partial charge in [0, 0.05) is 22.6 Å². The van der Waals surface area contributed by atoms with E-state index in [0.29, 0.717) is 18.1 Å². The van der Waals surface area contributed by atoms with Crippen molar-refractivity contribution < 1.29 is 14.2 Å². The maximum Gasteiger partial charge on any atom is 0.190 e. The van der Waals surface area contributed by atoms with E-state index in [9.17, 15) is 0 Å². The number of hydrogen-bond acceptors (Lipinski definition) is 8. The van der Waals surface area contributed by atoms with Crippen LogP contribution in [0.15, 0.2) is 36.4 Å². The van der Waals surface area contributed by atoms with Crippen molar-refractivity contribution in [3.8, 4) is 28.5 Å². The number of thiazole rings is 2. The van der Waals surface area contributed by atoms with Crippen LogP contribution in [-0.4, -0.2) is 30.8 Å². The summed E-state index contributed by atoms with van der Waals surface area (Å²) in [5.41, 5.74) is 2.88. The number of fused-ring (bicyclic) bond motifs is 1. The van der Waals surface area contributed by atoms with Gasteiger partial charge in [-0.15, -0.1) is 11.3 Å². The number of methoxy groups -OCH3 is 2. The summed E-state index contributed by atoms with van der Waals surface area (Å²) in [5, 5.41) is 4.93. The molecule has 0 aliphatic heterocycles. The van der Waals surface area contributed by atoms with Gasteiger partial charge in [0.15, 0.2) is 21.8 Å². The lowest BCUT2D eigenvalue weighted by Gasteiger charge is -2.05. The molecule has 0 spiro atoms. The molecule has 0 amide bonds. The summed E-state index contributed by atoms with van der Waals surface area (Å²) in [6, 6.07) is 11.8. The number of benzene rings is 2. The summed E-state index contributed by atoms with van der Waals surface area (Å²) in [7, 11) is 3.25. The molecule has 0 unspecified atom stereocenters. The molecule has 0 saturated heterocycles. The Morgan fingerprint density at radius 2 is 1.62 bits per heavy atom. The molecule has 0 aliphatic rings. The molecule has 0 bridgehead atoms. The molecule has 2 heterocycles. The second kappa shape index (κ2) is 8.26. The molecule has 29 heavy (non-hydrogen) atoms. The number of rotatable bonds is 7. The van der Waals surface area contributed by atoms with Gasteiger partial charge in [-0.25, -0.2) is 9.97 Å². The highest BCUT2D eigenvalue weighted by molar-refractivity contribution is 7.22. The van der Waals surface area contributed by atoms with Crippen LogP contribution in [0.2, 0.25) is 0 Å². The predicted molar refractivity (Wildman–Crippen MR) is 119 cm³/mol. The van der Waals surface area contributed by atoms with Crippen molar-refractivity contribution in [2.45, 2.75) is 13.8 Å². The number of aryl methyl sites for hydroxylation is 1. The van der Waals surface area contributed by atoms with Crippen molar-refractivity contribution in [1.82, 2.24) is 9.97 Å². The topological polar surface area (TPSA) is 65.5 Å². The average molecular weight is 428 g/mol. The second-order valence-electron chi connectivity index (χ2n) is 6.20. The van der Waals surface area contributed by atoms with Gasteiger partial charge in [-0.3, -0.25) is 0 Å². The van der Waals surface area contributed by atoms with Crippen molar-refractivity contribution in [2.75, 3.05) is 26.1 Å². The smallest absolute Gasteiger partial charge is 0.190 e. The minimum Gasteiger partial charge on any atom is -0.494 e. The highest BCUT2D eigenvalue weighted by Gasteiger charge is 2.14. The fraction of sp³-hybridized carbons (Fsp3) is 0.238. The molecular formula is C21H21N3O3S2. The van der Waals surface area contributed by atoms with Crippen LogP contribution < -0.4 is 19.5 Å². The van der Waals surface area contributed by atoms with Crippen molar-refractivity contribution in [1.29, 1.82) is 0 Å². The first-order valence-corrected chi connectivity index (χ1v) is 10.7. The lowest BCUT2D eigenvalue weighted by molar-refractivity contribution is 0.340. The standard InChI is InChI=1S/C21H21N3O3S2/c1-5-27-14-8-6-13(7-9-14)19-12(2)28-21(23-19)24-20-22-15-10-16(25-3)17(26-4)11-18(15)29-20/h6-11H,5H2,1-4H3,(H,22,23,24). The molecule has 8 heteroatoms. The summed E-state index contributed by atoms with van der Waals surface area (Å²) in [6.07, 6.45) is 0. The van der Waals surface area contributed by atoms with Crippen molar-refractivity contribution in [2.24, 2.45) is 0 Å². The van der Waals surface area contributed by atoms with Crippen LogP contribution >= 0.6 is 22.7 Å². The van der Waals surface area contributed by atoms with Gasteiger partial charge in [0.25, 0.3) is 0 Å². The first-order chi connectivity index (χ1) is 14.1. The predicted octanol–water partition coefficient (Wildman–Crippen LogP) is 5.89. The van der Waals surface area contributed by atoms with Gasteiger partial charge in [0.2, 0.25) is 0 Å². The van der Waals surface area contributed by atoms with Crippen molar-refractivity contribution >= 4 is 43.2 Å². The molecule has 6 nitrogen and oxygen atoms in total. The van der Waals surface area contributed by atoms with E-state index < -0.39 is 0 Å². The minimum absolute atomic E-state index is 0.656. The Hall–Kier alpha value is -2.84. The van der Waals surface area contributed by atoms with Crippen LogP contribution in [-0.2, 0) is 0 Å². The molecule has 1 N–H and O–H groups in total. The average Bonchev–Trinajstić information content (AvgIpc) is 3.29. The monoisotopic (exact) mass is 427 g/mol. The Kier molecular flexibility index (Phi) is 5.55. The van der Waals surface area contributed by atoms with Gasteiger partial charge in [-0.2, -0.15) is 0 Å². The first kappa shape index (κ1) is 19.5. The van der Waals surface area contributed by atoms with E-state index in [1.807, 2.05) is 43.3 Å². The highest BCUT2D eigenvalue weighted by Crippen LogP contribution is 2.38. The summed E-state index contributed by atoms with van der Waals surface area (Å²) < 4.78 is 17.3. The van der Waals surface area contributed by atoms with Gasteiger partial charge in [0.1, 0.15) is 5.75 Å². The van der Waals surface area contributed by atoms with Crippen LogP contribution in [0.4, 0.5) is 10.3 Å². The van der Waals surface area contributed by atoms with Crippen LogP contribution in [0.1, 0.15) is 11.8 Å². The highest BCUT2D eigenvalue weighted by atomic mass is 32.1. The summed E-state index contributed by atoms with van der Waals surface area (Å²) in [4.78, 5) is 10.6. The molecular weight excluding hydrogens is 406 g/mol. The fourth-order valence-corrected chi connectivity index (χ4v) is 4.77. The summed E-state index contributed by atoms with van der Waals surface area (Å²) in [6.45, 7) is 4.70. The molecule has 0 aliphatic carbocycles. The van der Waals surface area contributed by atoms with Gasteiger partial charge < -0.3 is 19.5 Å². The molecule has 4 aromatic rings. The molecule has 0 fully saturated rings. The number of hydrogen-bond donors (Lipinski definition) is 1. The lowest BCUT2D eigenvalue weighted by atomic mass is 10.1. The molecule has 2 aromatic carbocycles. The lowest BCUT2D eigenvalue weighted by Crippen LogP contribution is -1.91. The summed E-state index contributed by atoms with van der Waals surface area (Å²) >= 11 is 3.16. The van der Waals surface area contributed by atoms with Crippen molar-refractivity contribution in [3.05, 3.63) is 41.3 Å². The fourth-order valence-electron chi connectivity index (χ4n) is 2.99. The molecule has 0 atom stereocenters. The molecule has 0 radical (unpaired) electrons. The van der Waals surface area contributed by atoms with Crippen molar-refractivity contribution in [3.63, 3.8) is 0 Å². The molecule has 2 aromatic heterocycles. The Labute approximate surface area is 177 Å². The van der Waals surface area contributed by atoms with E-state index in [2.05, 4.69) is 17.2 Å². The molecule has 150 valence electrons. The number of anilines is 2. The second-order valence-corrected chi connectivity index (χ2v) is 8.43. The van der Waals surface area contributed by atoms with Crippen LogP contribution in [0.3, 0.4) is 0 Å². The third kappa shape index (κ3) is 3.99. The quantitative estimate of drug-likeness (QED) is 0.397. The largest absolute Gasteiger partial charge is 0.494 e.